The lowest BCUT2D eigenvalue weighted by Crippen LogP contribution is -2.35. The molecule has 1 amide bonds. The van der Waals surface area contributed by atoms with Crippen molar-refractivity contribution in [2.45, 2.75) is 13.8 Å². The largest absolute Gasteiger partial charge is 0.327 e. The van der Waals surface area contributed by atoms with Crippen molar-refractivity contribution < 1.29 is 18.0 Å². The molecule has 1 heterocycles. The van der Waals surface area contributed by atoms with E-state index in [0.717, 1.165) is 18.7 Å². The summed E-state index contributed by atoms with van der Waals surface area (Å²) in [5.74, 6) is -0.741. The molecule has 0 aliphatic heterocycles. The molecular weight excluding hydrogens is 316 g/mol. The molecule has 0 N–H and O–H groups in total. The first-order valence-electron chi connectivity index (χ1n) is 6.91. The number of sulfonamides is 1. The molecule has 1 aromatic heterocycles. The molecule has 0 aliphatic rings. The van der Waals surface area contributed by atoms with E-state index in [0.29, 0.717) is 15.6 Å². The Morgan fingerprint density at radius 1 is 1.04 bits per heavy atom. The van der Waals surface area contributed by atoms with Crippen LogP contribution in [0.2, 0.25) is 0 Å². The van der Waals surface area contributed by atoms with E-state index in [1.165, 1.54) is 16.7 Å². The Balaban J connectivity index is 2.49. The number of benzene rings is 1. The third-order valence-electron chi connectivity index (χ3n) is 3.47. The van der Waals surface area contributed by atoms with Gasteiger partial charge in [-0.25, -0.2) is 8.42 Å². The number of aryl methyl sites for hydroxylation is 1. The average molecular weight is 334 g/mol. The number of rotatable bonds is 4. The highest BCUT2D eigenvalue weighted by Crippen LogP contribution is 2.22. The fourth-order valence-electron chi connectivity index (χ4n) is 2.35. The molecule has 0 radical (unpaired) electrons. The van der Waals surface area contributed by atoms with Gasteiger partial charge in [0.1, 0.15) is 5.82 Å². The maximum Gasteiger partial charge on any atom is 0.239 e. The number of anilines is 1. The first-order valence-corrected chi connectivity index (χ1v) is 8.75. The fourth-order valence-corrected chi connectivity index (χ4v) is 3.34. The number of nitrogens with zero attached hydrogens (tertiary/aromatic N) is 2. The number of hydrogen-bond donors (Lipinski definition) is 0. The quantitative estimate of drug-likeness (QED) is 0.800. The smallest absolute Gasteiger partial charge is 0.239 e. The summed E-state index contributed by atoms with van der Waals surface area (Å²) in [5.41, 5.74) is 1.84. The Kier molecular flexibility index (Phi) is 4.42. The van der Waals surface area contributed by atoms with Gasteiger partial charge in [-0.05, 0) is 19.1 Å². The zero-order valence-electron chi connectivity index (χ0n) is 13.4. The fraction of sp³-hybridized carbons (Fsp3) is 0.250. The van der Waals surface area contributed by atoms with Crippen molar-refractivity contribution in [2.24, 2.45) is 7.05 Å². The topological polar surface area (TPSA) is 76.5 Å². The Labute approximate surface area is 135 Å². The Hall–Kier alpha value is -2.41. The second-order valence-corrected chi connectivity index (χ2v) is 7.21. The van der Waals surface area contributed by atoms with Crippen molar-refractivity contribution in [3.8, 4) is 0 Å². The molecule has 0 saturated carbocycles. The molecule has 0 fully saturated rings. The van der Waals surface area contributed by atoms with Gasteiger partial charge in [0, 0.05) is 19.5 Å². The van der Waals surface area contributed by atoms with Crippen LogP contribution in [0.15, 0.2) is 36.4 Å². The van der Waals surface area contributed by atoms with E-state index < -0.39 is 15.9 Å². The van der Waals surface area contributed by atoms with Crippen molar-refractivity contribution in [2.75, 3.05) is 10.6 Å². The number of amides is 1. The van der Waals surface area contributed by atoms with Gasteiger partial charge < -0.3 is 4.57 Å². The van der Waals surface area contributed by atoms with E-state index in [1.807, 2.05) is 19.1 Å². The first-order chi connectivity index (χ1) is 10.6. The summed E-state index contributed by atoms with van der Waals surface area (Å²) in [6.07, 6.45) is 0.947. The molecule has 122 valence electrons. The molecule has 0 bridgehead atoms. The summed E-state index contributed by atoms with van der Waals surface area (Å²) in [7, 11) is -2.22. The van der Waals surface area contributed by atoms with Crippen LogP contribution in [0, 0.1) is 6.92 Å². The van der Waals surface area contributed by atoms with Crippen molar-refractivity contribution in [3.63, 3.8) is 0 Å². The molecule has 0 spiro atoms. The normalized spacial score (nSPS) is 11.3. The van der Waals surface area contributed by atoms with E-state index >= 15 is 0 Å². The second-order valence-electron chi connectivity index (χ2n) is 5.38. The van der Waals surface area contributed by atoms with E-state index in [9.17, 15) is 18.0 Å². The van der Waals surface area contributed by atoms with Crippen LogP contribution in [0.4, 0.5) is 5.82 Å². The van der Waals surface area contributed by atoms with E-state index in [1.54, 1.807) is 19.2 Å². The average Bonchev–Trinajstić information content (AvgIpc) is 2.79. The molecule has 2 aromatic rings. The predicted molar refractivity (Wildman–Crippen MR) is 88.0 cm³/mol. The minimum atomic E-state index is -3.77. The Bertz CT molecular complexity index is 864. The summed E-state index contributed by atoms with van der Waals surface area (Å²) >= 11 is 0. The first kappa shape index (κ1) is 17.0. The van der Waals surface area contributed by atoms with Crippen molar-refractivity contribution in [3.05, 3.63) is 53.2 Å². The molecule has 0 saturated heterocycles. The van der Waals surface area contributed by atoms with Crippen LogP contribution in [0.5, 0.6) is 0 Å². The summed E-state index contributed by atoms with van der Waals surface area (Å²) < 4.78 is 25.7. The third kappa shape index (κ3) is 3.34. The molecular formula is C16H18N2O4S. The molecule has 0 atom stereocenters. The van der Waals surface area contributed by atoms with E-state index in [2.05, 4.69) is 0 Å². The Morgan fingerprint density at radius 2 is 1.61 bits per heavy atom. The van der Waals surface area contributed by atoms with Crippen molar-refractivity contribution in [1.82, 2.24) is 4.57 Å². The third-order valence-corrected chi connectivity index (χ3v) is 4.57. The van der Waals surface area contributed by atoms with Gasteiger partial charge in [-0.1, -0.05) is 29.8 Å². The van der Waals surface area contributed by atoms with Crippen LogP contribution in [0.25, 0.3) is 0 Å². The zero-order valence-corrected chi connectivity index (χ0v) is 14.2. The van der Waals surface area contributed by atoms with Crippen molar-refractivity contribution in [1.29, 1.82) is 0 Å². The van der Waals surface area contributed by atoms with Crippen LogP contribution >= 0.6 is 0 Å². The molecule has 0 unspecified atom stereocenters. The summed E-state index contributed by atoms with van der Waals surface area (Å²) in [6.45, 7) is 3.08. The summed E-state index contributed by atoms with van der Waals surface area (Å²) in [4.78, 5) is 24.2. The van der Waals surface area contributed by atoms with Crippen LogP contribution < -0.4 is 4.31 Å². The molecule has 7 heteroatoms. The van der Waals surface area contributed by atoms with Crippen LogP contribution in [0.1, 0.15) is 28.5 Å². The van der Waals surface area contributed by atoms with Gasteiger partial charge in [0.05, 0.1) is 11.9 Å². The molecule has 2 rings (SSSR count). The highest BCUT2D eigenvalue weighted by molar-refractivity contribution is 7.92. The second kappa shape index (κ2) is 6.00. The standard InChI is InChI=1S/C16H18N2O4S/c1-11-5-7-13(8-6-11)16(20)14-9-10-15(17(14)3)18(12(2)19)23(4,21)22/h5-10H,1-4H3. The molecule has 6 nitrogen and oxygen atoms in total. The lowest BCUT2D eigenvalue weighted by atomic mass is 10.1. The van der Waals surface area contributed by atoms with Gasteiger partial charge >= 0.3 is 0 Å². The highest BCUT2D eigenvalue weighted by Gasteiger charge is 2.26. The van der Waals surface area contributed by atoms with Crippen LogP contribution in [-0.4, -0.2) is 30.9 Å². The van der Waals surface area contributed by atoms with Gasteiger partial charge in [-0.15, -0.1) is 0 Å². The van der Waals surface area contributed by atoms with E-state index in [4.69, 9.17) is 0 Å². The number of ketones is 1. The Morgan fingerprint density at radius 3 is 2.09 bits per heavy atom. The minimum absolute atomic E-state index is 0.135. The van der Waals surface area contributed by atoms with Gasteiger partial charge in [-0.2, -0.15) is 4.31 Å². The van der Waals surface area contributed by atoms with E-state index in [-0.39, 0.29) is 11.6 Å². The zero-order chi connectivity index (χ0) is 17.4. The number of aromatic nitrogens is 1. The monoisotopic (exact) mass is 334 g/mol. The van der Waals surface area contributed by atoms with Gasteiger partial charge in [0.2, 0.25) is 21.7 Å². The van der Waals surface area contributed by atoms with Crippen LogP contribution in [-0.2, 0) is 21.9 Å². The molecule has 23 heavy (non-hydrogen) atoms. The molecule has 0 aliphatic carbocycles. The van der Waals surface area contributed by atoms with Gasteiger partial charge in [-0.3, -0.25) is 9.59 Å². The maximum atomic E-state index is 12.6. The lowest BCUT2D eigenvalue weighted by molar-refractivity contribution is -0.115. The van der Waals surface area contributed by atoms with Gasteiger partial charge in [0.15, 0.2) is 0 Å². The maximum absolute atomic E-state index is 12.6. The number of hydrogen-bond acceptors (Lipinski definition) is 4. The minimum Gasteiger partial charge on any atom is -0.327 e. The number of carbonyl (C=O) groups excluding carboxylic acids is 2. The predicted octanol–water partition coefficient (Wildman–Crippen LogP) is 1.88. The SMILES string of the molecule is CC(=O)N(c1ccc(C(=O)c2ccc(C)cc2)n1C)S(C)(=O)=O. The summed E-state index contributed by atoms with van der Waals surface area (Å²) in [6, 6.07) is 10.0. The van der Waals surface area contributed by atoms with Crippen molar-refractivity contribution >= 4 is 27.5 Å². The van der Waals surface area contributed by atoms with Crippen LogP contribution in [0.3, 0.4) is 0 Å². The number of carbonyl (C=O) groups is 2. The highest BCUT2D eigenvalue weighted by atomic mass is 32.2. The van der Waals surface area contributed by atoms with Gasteiger partial charge in [0.25, 0.3) is 0 Å². The lowest BCUT2D eigenvalue weighted by Gasteiger charge is -2.19. The summed E-state index contributed by atoms with van der Waals surface area (Å²) in [5, 5.41) is 0. The molecule has 1 aromatic carbocycles.